The predicted octanol–water partition coefficient (Wildman–Crippen LogP) is 0.0465. The molecule has 0 spiro atoms. The summed E-state index contributed by atoms with van der Waals surface area (Å²) < 4.78 is 33.2. The fourth-order valence-corrected chi connectivity index (χ4v) is 2.85. The summed E-state index contributed by atoms with van der Waals surface area (Å²) in [5.41, 5.74) is 0.585. The predicted molar refractivity (Wildman–Crippen MR) is 84.8 cm³/mol. The van der Waals surface area contributed by atoms with Gasteiger partial charge < -0.3 is 14.4 Å². The number of ether oxygens (including phenoxy) is 2. The second-order valence-electron chi connectivity index (χ2n) is 5.51. The molecule has 24 heavy (non-hydrogen) atoms. The lowest BCUT2D eigenvalue weighted by molar-refractivity contribution is -0.143. The number of primary sulfonamides is 1. The van der Waals surface area contributed by atoms with Crippen LogP contribution in [0.25, 0.3) is 0 Å². The Morgan fingerprint density at radius 2 is 1.92 bits per heavy atom. The molecule has 0 saturated carbocycles. The molecule has 0 aliphatic carbocycles. The molecule has 0 aromatic heterocycles. The molecule has 1 aromatic carbocycles. The Labute approximate surface area is 140 Å². The molecule has 8 nitrogen and oxygen atoms in total. The quantitative estimate of drug-likeness (QED) is 0.762. The van der Waals surface area contributed by atoms with Crippen LogP contribution in [-0.4, -0.2) is 57.6 Å². The number of aryl methyl sites for hydroxylation is 1. The molecule has 1 fully saturated rings. The maximum absolute atomic E-state index is 12.3. The summed E-state index contributed by atoms with van der Waals surface area (Å²) >= 11 is 0. The van der Waals surface area contributed by atoms with E-state index in [0.29, 0.717) is 31.9 Å². The Balaban J connectivity index is 2.12. The number of hydrogen-bond donors (Lipinski definition) is 1. The summed E-state index contributed by atoms with van der Waals surface area (Å²) in [4.78, 5) is 25.9. The van der Waals surface area contributed by atoms with Gasteiger partial charge in [0.2, 0.25) is 10.0 Å². The number of carbonyl (C=O) groups excluding carboxylic acids is 2. The van der Waals surface area contributed by atoms with Gasteiger partial charge in [0.25, 0.3) is 5.91 Å². The maximum Gasteiger partial charge on any atom is 0.339 e. The van der Waals surface area contributed by atoms with Crippen LogP contribution in [0, 0.1) is 6.92 Å². The van der Waals surface area contributed by atoms with Crippen LogP contribution in [0.2, 0.25) is 0 Å². The minimum absolute atomic E-state index is 0.0585. The number of rotatable bonds is 4. The zero-order chi connectivity index (χ0) is 17.9. The number of benzene rings is 1. The topological polar surface area (TPSA) is 116 Å². The first-order valence-electron chi connectivity index (χ1n) is 7.41. The van der Waals surface area contributed by atoms with Gasteiger partial charge in [-0.2, -0.15) is 0 Å². The van der Waals surface area contributed by atoms with Crippen LogP contribution >= 0.6 is 0 Å². The van der Waals surface area contributed by atoms with E-state index >= 15 is 0 Å². The molecule has 132 valence electrons. The number of nitrogens with zero attached hydrogens (tertiary/aromatic N) is 1. The van der Waals surface area contributed by atoms with Crippen LogP contribution in [0.15, 0.2) is 23.1 Å². The molecule has 1 amide bonds. The van der Waals surface area contributed by atoms with E-state index in [1.165, 1.54) is 19.1 Å². The number of morpholine rings is 1. The summed E-state index contributed by atoms with van der Waals surface area (Å²) in [6.45, 7) is 4.90. The number of hydrogen-bond acceptors (Lipinski definition) is 6. The van der Waals surface area contributed by atoms with Crippen molar-refractivity contribution in [3.05, 3.63) is 29.3 Å². The summed E-state index contributed by atoms with van der Waals surface area (Å²) in [6.07, 6.45) is -0.979. The molecule has 1 saturated heterocycles. The standard InChI is InChI=1S/C15H20N2O6S/c1-10-3-4-12(24(16,20)21)9-13(10)15(19)23-11(2)14(18)17-5-7-22-8-6-17/h3-4,9,11H,5-8H2,1-2H3,(H2,16,20,21). The van der Waals surface area contributed by atoms with Gasteiger partial charge in [0.05, 0.1) is 23.7 Å². The highest BCUT2D eigenvalue weighted by Crippen LogP contribution is 2.17. The summed E-state index contributed by atoms with van der Waals surface area (Å²) in [5.74, 6) is -1.08. The highest BCUT2D eigenvalue weighted by molar-refractivity contribution is 7.89. The molecular weight excluding hydrogens is 336 g/mol. The maximum atomic E-state index is 12.3. The third kappa shape index (κ3) is 4.31. The van der Waals surface area contributed by atoms with Gasteiger partial charge in [-0.15, -0.1) is 0 Å². The molecule has 9 heteroatoms. The Morgan fingerprint density at radius 1 is 1.29 bits per heavy atom. The monoisotopic (exact) mass is 356 g/mol. The minimum Gasteiger partial charge on any atom is -0.449 e. The zero-order valence-electron chi connectivity index (χ0n) is 13.5. The number of amides is 1. The van der Waals surface area contributed by atoms with Gasteiger partial charge in [-0.1, -0.05) is 6.07 Å². The molecule has 1 atom stereocenters. The Hall–Kier alpha value is -1.97. The smallest absolute Gasteiger partial charge is 0.339 e. The van der Waals surface area contributed by atoms with Crippen molar-refractivity contribution in [3.8, 4) is 0 Å². The molecule has 0 radical (unpaired) electrons. The Kier molecular flexibility index (Phi) is 5.58. The van der Waals surface area contributed by atoms with Gasteiger partial charge in [-0.05, 0) is 31.5 Å². The third-order valence-corrected chi connectivity index (χ3v) is 4.62. The molecule has 2 rings (SSSR count). The largest absolute Gasteiger partial charge is 0.449 e. The molecule has 1 heterocycles. The van der Waals surface area contributed by atoms with E-state index in [-0.39, 0.29) is 16.4 Å². The van der Waals surface area contributed by atoms with Crippen LogP contribution in [0.4, 0.5) is 0 Å². The molecule has 1 aliphatic rings. The second kappa shape index (κ2) is 7.29. The number of esters is 1. The van der Waals surface area contributed by atoms with Gasteiger partial charge in [0, 0.05) is 13.1 Å². The SMILES string of the molecule is Cc1ccc(S(N)(=O)=O)cc1C(=O)OC(C)C(=O)N1CCOCC1. The normalized spacial score (nSPS) is 16.5. The Morgan fingerprint density at radius 3 is 2.50 bits per heavy atom. The van der Waals surface area contributed by atoms with Gasteiger partial charge in [-0.25, -0.2) is 18.4 Å². The van der Waals surface area contributed by atoms with Crippen molar-refractivity contribution in [1.82, 2.24) is 4.90 Å². The average molecular weight is 356 g/mol. The molecular formula is C15H20N2O6S. The van der Waals surface area contributed by atoms with E-state index in [0.717, 1.165) is 6.07 Å². The number of sulfonamides is 1. The van der Waals surface area contributed by atoms with Crippen molar-refractivity contribution in [2.24, 2.45) is 5.14 Å². The zero-order valence-corrected chi connectivity index (χ0v) is 14.3. The minimum atomic E-state index is -3.93. The number of carbonyl (C=O) groups is 2. The first-order chi connectivity index (χ1) is 11.2. The summed E-state index contributed by atoms with van der Waals surface area (Å²) in [5, 5.41) is 5.07. The fraction of sp³-hybridized carbons (Fsp3) is 0.467. The first kappa shape index (κ1) is 18.4. The van der Waals surface area contributed by atoms with Gasteiger partial charge in [0.15, 0.2) is 6.10 Å². The molecule has 0 bridgehead atoms. The van der Waals surface area contributed by atoms with E-state index in [1.54, 1.807) is 11.8 Å². The third-order valence-electron chi connectivity index (χ3n) is 3.71. The second-order valence-corrected chi connectivity index (χ2v) is 7.07. The molecule has 2 N–H and O–H groups in total. The Bertz CT molecular complexity index is 740. The van der Waals surface area contributed by atoms with Crippen LogP contribution < -0.4 is 5.14 Å². The van der Waals surface area contributed by atoms with Crippen molar-refractivity contribution < 1.29 is 27.5 Å². The molecule has 1 unspecified atom stereocenters. The first-order valence-corrected chi connectivity index (χ1v) is 8.96. The van der Waals surface area contributed by atoms with Crippen LogP contribution in [0.1, 0.15) is 22.8 Å². The van der Waals surface area contributed by atoms with Crippen LogP contribution in [-0.2, 0) is 24.3 Å². The average Bonchev–Trinajstić information content (AvgIpc) is 2.54. The van der Waals surface area contributed by atoms with E-state index in [9.17, 15) is 18.0 Å². The lowest BCUT2D eigenvalue weighted by Gasteiger charge is -2.29. The highest BCUT2D eigenvalue weighted by atomic mass is 32.2. The lowest BCUT2D eigenvalue weighted by Crippen LogP contribution is -2.46. The van der Waals surface area contributed by atoms with Crippen molar-refractivity contribution >= 4 is 21.9 Å². The van der Waals surface area contributed by atoms with E-state index in [1.807, 2.05) is 0 Å². The highest BCUT2D eigenvalue weighted by Gasteiger charge is 2.26. The van der Waals surface area contributed by atoms with Crippen LogP contribution in [0.3, 0.4) is 0 Å². The van der Waals surface area contributed by atoms with E-state index in [2.05, 4.69) is 0 Å². The van der Waals surface area contributed by atoms with Crippen LogP contribution in [0.5, 0.6) is 0 Å². The van der Waals surface area contributed by atoms with Crippen molar-refractivity contribution in [3.63, 3.8) is 0 Å². The van der Waals surface area contributed by atoms with E-state index in [4.69, 9.17) is 14.6 Å². The van der Waals surface area contributed by atoms with Gasteiger partial charge in [-0.3, -0.25) is 4.79 Å². The van der Waals surface area contributed by atoms with Crippen molar-refractivity contribution in [2.75, 3.05) is 26.3 Å². The number of nitrogens with two attached hydrogens (primary N) is 1. The molecule has 1 aliphatic heterocycles. The van der Waals surface area contributed by atoms with Crippen molar-refractivity contribution in [2.45, 2.75) is 24.8 Å². The molecule has 1 aromatic rings. The lowest BCUT2D eigenvalue weighted by atomic mass is 10.1. The van der Waals surface area contributed by atoms with Gasteiger partial charge in [0.1, 0.15) is 0 Å². The summed E-state index contributed by atoms with van der Waals surface area (Å²) in [6, 6.07) is 3.92. The summed E-state index contributed by atoms with van der Waals surface area (Å²) in [7, 11) is -3.93. The van der Waals surface area contributed by atoms with Gasteiger partial charge >= 0.3 is 5.97 Å². The fourth-order valence-electron chi connectivity index (χ4n) is 2.31. The van der Waals surface area contributed by atoms with E-state index < -0.39 is 22.1 Å². The van der Waals surface area contributed by atoms with Crippen molar-refractivity contribution in [1.29, 1.82) is 0 Å².